The Kier molecular flexibility index (Phi) is 6.16. The van der Waals surface area contributed by atoms with E-state index in [1.165, 1.54) is 16.9 Å². The molecule has 1 aromatic carbocycles. The first-order valence-electron chi connectivity index (χ1n) is 9.54. The molecular weight excluding hydrogens is 374 g/mol. The maximum Gasteiger partial charge on any atom is 0.285 e. The number of aromatic nitrogens is 2. The van der Waals surface area contributed by atoms with Crippen LogP contribution in [0.2, 0.25) is 0 Å². The summed E-state index contributed by atoms with van der Waals surface area (Å²) in [5, 5.41) is 7.49. The average Bonchev–Trinajstić information content (AvgIpc) is 3.42. The van der Waals surface area contributed by atoms with Crippen molar-refractivity contribution >= 4 is 17.2 Å². The molecule has 1 unspecified atom stereocenters. The fraction of sp³-hybridized carbons (Fsp3) is 0.333. The summed E-state index contributed by atoms with van der Waals surface area (Å²) in [6, 6.07) is 16.1. The second kappa shape index (κ2) is 9.14. The highest BCUT2D eigenvalue weighted by Gasteiger charge is 2.17. The van der Waals surface area contributed by atoms with Gasteiger partial charge in [-0.1, -0.05) is 30.3 Å². The van der Waals surface area contributed by atoms with Crippen molar-refractivity contribution in [3.05, 3.63) is 64.7 Å². The maximum absolute atomic E-state index is 12.3. The SMILES string of the molecule is O=C(NOC1CCCCO1)c1ccc(-c2cc(CCc3ccccc3)[nH]n2)s1. The van der Waals surface area contributed by atoms with Gasteiger partial charge in [-0.25, -0.2) is 10.3 Å². The van der Waals surface area contributed by atoms with E-state index in [2.05, 4.69) is 39.9 Å². The summed E-state index contributed by atoms with van der Waals surface area (Å²) in [7, 11) is 0. The fourth-order valence-corrected chi connectivity index (χ4v) is 3.96. The number of hydrogen-bond acceptors (Lipinski definition) is 5. The van der Waals surface area contributed by atoms with E-state index in [1.54, 1.807) is 6.07 Å². The number of hydroxylamine groups is 1. The second-order valence-corrected chi connectivity index (χ2v) is 7.86. The first kappa shape index (κ1) is 18.9. The highest BCUT2D eigenvalue weighted by molar-refractivity contribution is 7.17. The number of rotatable bonds is 7. The highest BCUT2D eigenvalue weighted by Crippen LogP contribution is 2.27. The van der Waals surface area contributed by atoms with Gasteiger partial charge in [0, 0.05) is 18.7 Å². The van der Waals surface area contributed by atoms with Gasteiger partial charge in [0.05, 0.1) is 9.75 Å². The van der Waals surface area contributed by atoms with Gasteiger partial charge in [0.1, 0.15) is 5.69 Å². The van der Waals surface area contributed by atoms with Crippen LogP contribution in [-0.2, 0) is 22.4 Å². The molecule has 7 heteroatoms. The number of carbonyl (C=O) groups excluding carboxylic acids is 1. The van der Waals surface area contributed by atoms with Gasteiger partial charge in [-0.3, -0.25) is 9.89 Å². The van der Waals surface area contributed by atoms with Crippen molar-refractivity contribution in [2.24, 2.45) is 0 Å². The molecule has 2 N–H and O–H groups in total. The molecule has 1 aliphatic rings. The van der Waals surface area contributed by atoms with Crippen LogP contribution < -0.4 is 5.48 Å². The number of ether oxygens (including phenoxy) is 1. The Morgan fingerprint density at radius 2 is 2.11 bits per heavy atom. The molecule has 1 amide bonds. The minimum atomic E-state index is -0.351. The smallest absolute Gasteiger partial charge is 0.285 e. The van der Waals surface area contributed by atoms with Crippen LogP contribution in [0.15, 0.2) is 48.5 Å². The lowest BCUT2D eigenvalue weighted by Gasteiger charge is -2.21. The molecule has 146 valence electrons. The Labute approximate surface area is 167 Å². The van der Waals surface area contributed by atoms with Gasteiger partial charge in [-0.15, -0.1) is 11.3 Å². The molecule has 0 bridgehead atoms. The van der Waals surface area contributed by atoms with Crippen LogP contribution >= 0.6 is 11.3 Å². The zero-order valence-electron chi connectivity index (χ0n) is 15.5. The Morgan fingerprint density at radius 1 is 1.21 bits per heavy atom. The highest BCUT2D eigenvalue weighted by atomic mass is 32.1. The van der Waals surface area contributed by atoms with Gasteiger partial charge in [-0.05, 0) is 49.4 Å². The molecular formula is C21H23N3O3S. The quantitative estimate of drug-likeness (QED) is 0.588. The van der Waals surface area contributed by atoms with Crippen molar-refractivity contribution in [2.75, 3.05) is 6.61 Å². The average molecular weight is 398 g/mol. The van der Waals surface area contributed by atoms with Gasteiger partial charge in [0.2, 0.25) is 0 Å². The van der Waals surface area contributed by atoms with E-state index in [0.29, 0.717) is 11.5 Å². The minimum absolute atomic E-state index is 0.259. The molecule has 0 radical (unpaired) electrons. The largest absolute Gasteiger partial charge is 0.350 e. The number of H-pyrrole nitrogens is 1. The molecule has 1 fully saturated rings. The summed E-state index contributed by atoms with van der Waals surface area (Å²) in [5.74, 6) is -0.259. The van der Waals surface area contributed by atoms with Crippen molar-refractivity contribution in [1.82, 2.24) is 15.7 Å². The number of benzene rings is 1. The first-order chi connectivity index (χ1) is 13.8. The van der Waals surface area contributed by atoms with Crippen molar-refractivity contribution in [2.45, 2.75) is 38.4 Å². The van der Waals surface area contributed by atoms with Crippen LogP contribution in [0.1, 0.15) is 40.2 Å². The minimum Gasteiger partial charge on any atom is -0.350 e. The lowest BCUT2D eigenvalue weighted by molar-refractivity contribution is -0.186. The predicted octanol–water partition coefficient (Wildman–Crippen LogP) is 4.11. The molecule has 4 rings (SSSR count). The monoisotopic (exact) mass is 397 g/mol. The number of thiophene rings is 1. The fourth-order valence-electron chi connectivity index (χ4n) is 3.11. The van der Waals surface area contributed by atoms with Gasteiger partial charge >= 0.3 is 0 Å². The van der Waals surface area contributed by atoms with E-state index in [9.17, 15) is 4.79 Å². The lowest BCUT2D eigenvalue weighted by atomic mass is 10.1. The van der Waals surface area contributed by atoms with Crippen LogP contribution in [0.5, 0.6) is 0 Å². The number of nitrogens with one attached hydrogen (secondary N) is 2. The molecule has 2 aromatic heterocycles. The summed E-state index contributed by atoms with van der Waals surface area (Å²) in [4.78, 5) is 19.2. The van der Waals surface area contributed by atoms with E-state index in [-0.39, 0.29) is 12.2 Å². The third-order valence-electron chi connectivity index (χ3n) is 4.66. The Balaban J connectivity index is 1.32. The second-order valence-electron chi connectivity index (χ2n) is 6.77. The number of aryl methyl sites for hydroxylation is 2. The van der Waals surface area contributed by atoms with Gasteiger partial charge in [-0.2, -0.15) is 5.10 Å². The summed E-state index contributed by atoms with van der Waals surface area (Å²) >= 11 is 1.39. The predicted molar refractivity (Wildman–Crippen MR) is 108 cm³/mol. The first-order valence-corrected chi connectivity index (χ1v) is 10.4. The summed E-state index contributed by atoms with van der Waals surface area (Å²) < 4.78 is 5.45. The van der Waals surface area contributed by atoms with E-state index in [4.69, 9.17) is 9.57 Å². The molecule has 1 atom stereocenters. The summed E-state index contributed by atoms with van der Waals surface area (Å²) in [6.45, 7) is 0.676. The standard InChI is InChI=1S/C21H23N3O3S/c25-21(24-27-20-8-4-5-13-26-20)19-12-11-18(28-19)17-14-16(22-23-17)10-9-15-6-2-1-3-7-15/h1-3,6-7,11-12,14,20H,4-5,8-10,13H2,(H,22,23)(H,24,25). The number of amides is 1. The van der Waals surface area contributed by atoms with Crippen LogP contribution in [0.4, 0.5) is 0 Å². The summed E-state index contributed by atoms with van der Waals surface area (Å²) in [6.07, 6.45) is 4.39. The molecule has 28 heavy (non-hydrogen) atoms. The number of nitrogens with zero attached hydrogens (tertiary/aromatic N) is 1. The molecule has 3 heterocycles. The van der Waals surface area contributed by atoms with E-state index in [1.807, 2.05) is 18.2 Å². The van der Waals surface area contributed by atoms with Gasteiger partial charge in [0.15, 0.2) is 6.29 Å². The van der Waals surface area contributed by atoms with Gasteiger partial charge < -0.3 is 4.74 Å². The third kappa shape index (κ3) is 4.86. The topological polar surface area (TPSA) is 76.2 Å². The van der Waals surface area contributed by atoms with Crippen LogP contribution in [0, 0.1) is 0 Å². The molecule has 1 saturated heterocycles. The molecule has 0 spiro atoms. The van der Waals surface area contributed by atoms with E-state index < -0.39 is 0 Å². The van der Waals surface area contributed by atoms with Crippen molar-refractivity contribution in [1.29, 1.82) is 0 Å². The molecule has 6 nitrogen and oxygen atoms in total. The molecule has 1 aliphatic heterocycles. The third-order valence-corrected chi connectivity index (χ3v) is 5.77. The van der Waals surface area contributed by atoms with Crippen molar-refractivity contribution in [3.63, 3.8) is 0 Å². The normalized spacial score (nSPS) is 16.8. The van der Waals surface area contributed by atoms with Crippen molar-refractivity contribution < 1.29 is 14.4 Å². The van der Waals surface area contributed by atoms with Crippen LogP contribution in [0.25, 0.3) is 10.6 Å². The summed E-state index contributed by atoms with van der Waals surface area (Å²) in [5.41, 5.74) is 5.73. The molecule has 3 aromatic rings. The zero-order chi connectivity index (χ0) is 19.2. The zero-order valence-corrected chi connectivity index (χ0v) is 16.3. The maximum atomic E-state index is 12.3. The molecule has 0 aliphatic carbocycles. The number of hydrogen-bond donors (Lipinski definition) is 2. The number of aromatic amines is 1. The Hall–Kier alpha value is -2.48. The van der Waals surface area contributed by atoms with Gasteiger partial charge in [0.25, 0.3) is 5.91 Å². The van der Waals surface area contributed by atoms with Crippen LogP contribution in [-0.4, -0.2) is 29.0 Å². The van der Waals surface area contributed by atoms with Crippen molar-refractivity contribution in [3.8, 4) is 10.6 Å². The Bertz CT molecular complexity index is 901. The van der Waals surface area contributed by atoms with E-state index in [0.717, 1.165) is 48.4 Å². The number of carbonyl (C=O) groups is 1. The van der Waals surface area contributed by atoms with Crippen LogP contribution in [0.3, 0.4) is 0 Å². The molecule has 0 saturated carbocycles. The van der Waals surface area contributed by atoms with E-state index >= 15 is 0 Å². The lowest BCUT2D eigenvalue weighted by Crippen LogP contribution is -2.32. The Morgan fingerprint density at radius 3 is 2.93 bits per heavy atom.